The Hall–Kier alpha value is -2.56. The zero-order valence-corrected chi connectivity index (χ0v) is 21.2. The minimum absolute atomic E-state index is 0.0607. The molecule has 0 atom stereocenters. The molecule has 0 aliphatic rings. The molecule has 2 aromatic carbocycles. The van der Waals surface area contributed by atoms with Gasteiger partial charge in [-0.05, 0) is 53.4 Å². The summed E-state index contributed by atoms with van der Waals surface area (Å²) in [4.78, 5) is 29.9. The lowest BCUT2D eigenvalue weighted by Crippen LogP contribution is -2.19. The van der Waals surface area contributed by atoms with Crippen molar-refractivity contribution < 1.29 is 13.2 Å². The number of hydrogen-bond acceptors (Lipinski definition) is 7. The number of hydrogen-bond donors (Lipinski definition) is 0. The second-order valence-electron chi connectivity index (χ2n) is 7.57. The van der Waals surface area contributed by atoms with Crippen molar-refractivity contribution in [3.8, 4) is 5.69 Å². The summed E-state index contributed by atoms with van der Waals surface area (Å²) in [5, 5.41) is 1.61. The molecule has 0 bridgehead atoms. The number of nitrogens with zero attached hydrogens (tertiary/aromatic N) is 2. The van der Waals surface area contributed by atoms with Crippen LogP contribution >= 0.6 is 45.9 Å². The number of carbonyl (C=O) groups is 1. The first kappa shape index (κ1) is 23.2. The van der Waals surface area contributed by atoms with Gasteiger partial charge in [-0.15, -0.1) is 22.7 Å². The quantitative estimate of drug-likeness (QED) is 0.277. The number of rotatable bonds is 6. The average Bonchev–Trinajstić information content (AvgIpc) is 3.42. The number of thiazole rings is 1. The Morgan fingerprint density at radius 2 is 1.88 bits per heavy atom. The summed E-state index contributed by atoms with van der Waals surface area (Å²) in [6.45, 7) is 0. The lowest BCUT2D eigenvalue weighted by atomic mass is 10.1. The Balaban J connectivity index is 1.41. The normalized spacial score (nSPS) is 11.9. The molecule has 0 aliphatic heterocycles. The van der Waals surface area contributed by atoms with Crippen molar-refractivity contribution in [1.29, 1.82) is 0 Å². The van der Waals surface area contributed by atoms with Crippen LogP contribution in [-0.4, -0.2) is 29.5 Å². The maximum atomic E-state index is 13.2. The highest BCUT2D eigenvalue weighted by Crippen LogP contribution is 2.28. The fourth-order valence-electron chi connectivity index (χ4n) is 3.67. The molecule has 0 amide bonds. The number of sulfone groups is 1. The van der Waals surface area contributed by atoms with Crippen molar-refractivity contribution in [3.63, 3.8) is 0 Å². The van der Waals surface area contributed by atoms with Crippen LogP contribution in [0.25, 0.3) is 26.7 Å². The Morgan fingerprint density at radius 3 is 2.62 bits per heavy atom. The molecule has 0 fully saturated rings. The molecule has 34 heavy (non-hydrogen) atoms. The highest BCUT2D eigenvalue weighted by molar-refractivity contribution is 7.94. The number of thiophene rings is 1. The summed E-state index contributed by atoms with van der Waals surface area (Å²) >= 11 is 14.7. The number of aromatic nitrogens is 2. The highest BCUT2D eigenvalue weighted by Gasteiger charge is 2.22. The van der Waals surface area contributed by atoms with E-state index in [0.717, 1.165) is 26.9 Å². The molecule has 172 valence electrons. The van der Waals surface area contributed by atoms with Gasteiger partial charge in [-0.25, -0.2) is 13.4 Å². The topological polar surface area (TPSA) is 86.1 Å². The van der Waals surface area contributed by atoms with Gasteiger partial charge >= 0.3 is 0 Å². The minimum Gasteiger partial charge on any atom is -0.298 e. The highest BCUT2D eigenvalue weighted by atomic mass is 35.5. The zero-order chi connectivity index (χ0) is 24.0. The van der Waals surface area contributed by atoms with E-state index in [1.54, 1.807) is 29.9 Å². The van der Waals surface area contributed by atoms with E-state index in [0.29, 0.717) is 21.0 Å². The van der Waals surface area contributed by atoms with Gasteiger partial charge in [-0.2, -0.15) is 0 Å². The molecule has 0 spiro atoms. The molecular formula is C23H14Cl2N2O4S3. The van der Waals surface area contributed by atoms with Crippen molar-refractivity contribution in [2.75, 3.05) is 5.75 Å². The third-order valence-corrected chi connectivity index (χ3v) is 9.82. The molecule has 5 aromatic rings. The van der Waals surface area contributed by atoms with E-state index in [1.165, 1.54) is 28.0 Å². The SMILES string of the molecule is O=C(Cc1ccc(-n2ccc3cc4ncsc4cc3c2=O)c(Cl)c1)CS(=O)(=O)c1ccc(Cl)s1. The molecule has 0 aliphatic carbocycles. The van der Waals surface area contributed by atoms with E-state index in [9.17, 15) is 18.0 Å². The van der Waals surface area contributed by atoms with Gasteiger partial charge in [0.1, 0.15) is 9.96 Å². The van der Waals surface area contributed by atoms with Gasteiger partial charge in [-0.1, -0.05) is 29.3 Å². The maximum Gasteiger partial charge on any atom is 0.263 e. The summed E-state index contributed by atoms with van der Waals surface area (Å²) in [6, 6.07) is 13.3. The van der Waals surface area contributed by atoms with E-state index >= 15 is 0 Å². The van der Waals surface area contributed by atoms with Gasteiger partial charge in [0.2, 0.25) is 0 Å². The number of ketones is 1. The second kappa shape index (κ2) is 8.90. The van der Waals surface area contributed by atoms with Crippen molar-refractivity contribution in [2.45, 2.75) is 10.6 Å². The summed E-state index contributed by atoms with van der Waals surface area (Å²) in [6.07, 6.45) is 1.54. The van der Waals surface area contributed by atoms with E-state index in [1.807, 2.05) is 18.2 Å². The summed E-state index contributed by atoms with van der Waals surface area (Å²) in [7, 11) is -3.76. The van der Waals surface area contributed by atoms with E-state index in [2.05, 4.69) is 4.98 Å². The number of carbonyl (C=O) groups excluding carboxylic acids is 1. The van der Waals surface area contributed by atoms with Crippen LogP contribution in [0.5, 0.6) is 0 Å². The molecule has 0 unspecified atom stereocenters. The monoisotopic (exact) mass is 548 g/mol. The first-order chi connectivity index (χ1) is 16.2. The fraction of sp³-hybridized carbons (Fsp3) is 0.0870. The maximum absolute atomic E-state index is 13.2. The minimum atomic E-state index is -3.76. The standard InChI is InChI=1S/C23H14Cl2N2O4S3/c24-17-8-13(7-15(28)11-34(30,31)22-4-3-21(25)33-22)1-2-19(17)27-6-5-14-9-18-20(32-12-26-18)10-16(14)23(27)29/h1-6,8-10,12H,7,11H2. The van der Waals surface area contributed by atoms with Crippen LogP contribution in [0, 0.1) is 0 Å². The molecule has 11 heteroatoms. The fourth-order valence-corrected chi connectivity index (χ4v) is 7.47. The Labute approximate surface area is 211 Å². The number of Topliss-reactive ketones (excluding diaryl/α,β-unsaturated/α-hetero) is 1. The van der Waals surface area contributed by atoms with E-state index < -0.39 is 21.4 Å². The predicted molar refractivity (Wildman–Crippen MR) is 138 cm³/mol. The second-order valence-corrected chi connectivity index (χ2v) is 12.8. The van der Waals surface area contributed by atoms with Gasteiger partial charge in [0, 0.05) is 18.0 Å². The molecule has 3 heterocycles. The van der Waals surface area contributed by atoms with Crippen LogP contribution in [0.15, 0.2) is 69.2 Å². The number of benzene rings is 2. The van der Waals surface area contributed by atoms with Crippen molar-refractivity contribution in [2.24, 2.45) is 0 Å². The van der Waals surface area contributed by atoms with Crippen LogP contribution in [0.3, 0.4) is 0 Å². The van der Waals surface area contributed by atoms with Crippen LogP contribution < -0.4 is 5.56 Å². The van der Waals surface area contributed by atoms with Crippen molar-refractivity contribution >= 4 is 82.5 Å². The molecular weight excluding hydrogens is 535 g/mol. The predicted octanol–water partition coefficient (Wildman–Crippen LogP) is 5.55. The lowest BCUT2D eigenvalue weighted by molar-refractivity contribution is -0.116. The Kier molecular flexibility index (Phi) is 6.07. The van der Waals surface area contributed by atoms with Gasteiger partial charge in [0.05, 0.1) is 30.8 Å². The Morgan fingerprint density at radius 1 is 1.06 bits per heavy atom. The van der Waals surface area contributed by atoms with Crippen molar-refractivity contribution in [1.82, 2.24) is 9.55 Å². The third kappa shape index (κ3) is 4.42. The van der Waals surface area contributed by atoms with Gasteiger partial charge in [0.15, 0.2) is 15.6 Å². The molecule has 0 saturated carbocycles. The summed E-state index contributed by atoms with van der Waals surface area (Å²) in [5.74, 6) is -1.09. The first-order valence-corrected chi connectivity index (χ1v) is 14.0. The molecule has 0 N–H and O–H groups in total. The van der Waals surface area contributed by atoms with Crippen LogP contribution in [0.1, 0.15) is 5.56 Å². The molecule has 3 aromatic heterocycles. The van der Waals surface area contributed by atoms with Gasteiger partial charge in [0.25, 0.3) is 5.56 Å². The third-order valence-electron chi connectivity index (χ3n) is 5.23. The Bertz CT molecular complexity index is 1750. The van der Waals surface area contributed by atoms with Crippen LogP contribution in [0.4, 0.5) is 0 Å². The van der Waals surface area contributed by atoms with E-state index in [4.69, 9.17) is 23.2 Å². The zero-order valence-electron chi connectivity index (χ0n) is 17.2. The van der Waals surface area contributed by atoms with Gasteiger partial charge in [-0.3, -0.25) is 14.2 Å². The molecule has 0 saturated heterocycles. The van der Waals surface area contributed by atoms with Crippen LogP contribution in [0.2, 0.25) is 9.36 Å². The lowest BCUT2D eigenvalue weighted by Gasteiger charge is -2.11. The number of fused-ring (bicyclic) bond motifs is 2. The smallest absolute Gasteiger partial charge is 0.263 e. The number of pyridine rings is 1. The average molecular weight is 549 g/mol. The largest absolute Gasteiger partial charge is 0.298 e. The van der Waals surface area contributed by atoms with Gasteiger partial charge < -0.3 is 0 Å². The van der Waals surface area contributed by atoms with Crippen LogP contribution in [-0.2, 0) is 21.1 Å². The molecule has 6 nitrogen and oxygen atoms in total. The summed E-state index contributed by atoms with van der Waals surface area (Å²) in [5.41, 5.74) is 3.37. The number of halogens is 2. The first-order valence-electron chi connectivity index (χ1n) is 9.88. The molecule has 0 radical (unpaired) electrons. The summed E-state index contributed by atoms with van der Waals surface area (Å²) < 4.78 is 27.6. The van der Waals surface area contributed by atoms with E-state index in [-0.39, 0.29) is 21.2 Å². The van der Waals surface area contributed by atoms with Crippen molar-refractivity contribution in [3.05, 3.63) is 85.5 Å². The molecule has 5 rings (SSSR count).